The van der Waals surface area contributed by atoms with Crippen LogP contribution in [0, 0.1) is 0 Å². The van der Waals surface area contributed by atoms with Crippen LogP contribution >= 0.6 is 11.3 Å². The molecule has 2 heterocycles. The number of carbonyl (C=O) groups is 2. The molecule has 1 atom stereocenters. The minimum Gasteiger partial charge on any atom is -0.369 e. The zero-order chi connectivity index (χ0) is 16.1. The van der Waals surface area contributed by atoms with Crippen molar-refractivity contribution >= 4 is 23.2 Å². The van der Waals surface area contributed by atoms with Gasteiger partial charge in [-0.25, -0.2) is 0 Å². The van der Waals surface area contributed by atoms with E-state index in [1.165, 1.54) is 0 Å². The monoisotopic (exact) mass is 330 g/mol. The van der Waals surface area contributed by atoms with Crippen LogP contribution in [0.5, 0.6) is 0 Å². The summed E-state index contributed by atoms with van der Waals surface area (Å²) < 4.78 is 5.27. The third-order valence-electron chi connectivity index (χ3n) is 3.71. The predicted molar refractivity (Wildman–Crippen MR) is 87.8 cm³/mol. The first-order valence-corrected chi connectivity index (χ1v) is 8.33. The first kappa shape index (κ1) is 15.7. The minimum absolute atomic E-state index is 0.0293. The Balaban J connectivity index is 1.67. The molecule has 0 spiro atoms. The first-order chi connectivity index (χ1) is 11.2. The Kier molecular flexibility index (Phi) is 5.05. The van der Waals surface area contributed by atoms with Crippen LogP contribution < -0.4 is 5.32 Å². The second-order valence-corrected chi connectivity index (χ2v) is 6.37. The van der Waals surface area contributed by atoms with Crippen molar-refractivity contribution in [1.29, 1.82) is 0 Å². The third kappa shape index (κ3) is 3.97. The Morgan fingerprint density at radius 3 is 2.83 bits per heavy atom. The SMILES string of the molecule is O=C(NCc1cccs1)[C@@H]1COCC(=O)N1Cc1ccccc1. The third-order valence-corrected chi connectivity index (χ3v) is 4.59. The van der Waals surface area contributed by atoms with Crippen molar-refractivity contribution in [3.05, 3.63) is 58.3 Å². The zero-order valence-corrected chi connectivity index (χ0v) is 13.4. The van der Waals surface area contributed by atoms with Crippen LogP contribution in [0.1, 0.15) is 10.4 Å². The molecule has 0 aliphatic carbocycles. The summed E-state index contributed by atoms with van der Waals surface area (Å²) in [4.78, 5) is 27.3. The molecule has 1 aromatic carbocycles. The van der Waals surface area contributed by atoms with Gasteiger partial charge in [0.15, 0.2) is 0 Å². The van der Waals surface area contributed by atoms with Crippen molar-refractivity contribution in [2.45, 2.75) is 19.1 Å². The Morgan fingerprint density at radius 1 is 1.26 bits per heavy atom. The highest BCUT2D eigenvalue weighted by molar-refractivity contribution is 7.09. The van der Waals surface area contributed by atoms with Gasteiger partial charge >= 0.3 is 0 Å². The summed E-state index contributed by atoms with van der Waals surface area (Å²) in [6.07, 6.45) is 0. The fourth-order valence-corrected chi connectivity index (χ4v) is 3.15. The maximum absolute atomic E-state index is 12.5. The van der Waals surface area contributed by atoms with Gasteiger partial charge in [-0.2, -0.15) is 0 Å². The normalized spacial score (nSPS) is 18.0. The van der Waals surface area contributed by atoms with E-state index in [-0.39, 0.29) is 25.0 Å². The van der Waals surface area contributed by atoms with Gasteiger partial charge in [-0.3, -0.25) is 9.59 Å². The number of hydrogen-bond acceptors (Lipinski definition) is 4. The van der Waals surface area contributed by atoms with Crippen molar-refractivity contribution in [3.63, 3.8) is 0 Å². The molecule has 1 saturated heterocycles. The molecule has 120 valence electrons. The van der Waals surface area contributed by atoms with Crippen LogP contribution in [-0.2, 0) is 27.4 Å². The van der Waals surface area contributed by atoms with Crippen LogP contribution in [-0.4, -0.2) is 36.0 Å². The largest absolute Gasteiger partial charge is 0.369 e. The van der Waals surface area contributed by atoms with Crippen LogP contribution in [0.4, 0.5) is 0 Å². The number of amides is 2. The summed E-state index contributed by atoms with van der Waals surface area (Å²) in [5.41, 5.74) is 0.999. The number of benzene rings is 1. The fraction of sp³-hybridized carbons (Fsp3) is 0.294. The molecule has 1 N–H and O–H groups in total. The molecule has 1 fully saturated rings. The number of hydrogen-bond donors (Lipinski definition) is 1. The average molecular weight is 330 g/mol. The number of nitrogens with one attached hydrogen (secondary N) is 1. The summed E-state index contributed by atoms with van der Waals surface area (Å²) in [6, 6.07) is 13.0. The molecule has 5 nitrogen and oxygen atoms in total. The molecule has 2 amide bonds. The lowest BCUT2D eigenvalue weighted by molar-refractivity contribution is -0.155. The summed E-state index contributed by atoms with van der Waals surface area (Å²) in [6.45, 7) is 1.15. The number of carbonyl (C=O) groups excluding carboxylic acids is 2. The van der Waals surface area contributed by atoms with E-state index >= 15 is 0 Å². The van der Waals surface area contributed by atoms with E-state index in [0.29, 0.717) is 13.1 Å². The van der Waals surface area contributed by atoms with Gasteiger partial charge in [0, 0.05) is 11.4 Å². The molecule has 0 saturated carbocycles. The first-order valence-electron chi connectivity index (χ1n) is 7.45. The molecule has 1 aliphatic rings. The van der Waals surface area contributed by atoms with E-state index in [1.54, 1.807) is 16.2 Å². The van der Waals surface area contributed by atoms with Crippen LogP contribution in [0.2, 0.25) is 0 Å². The quantitative estimate of drug-likeness (QED) is 0.909. The van der Waals surface area contributed by atoms with Crippen molar-refractivity contribution in [1.82, 2.24) is 10.2 Å². The standard InChI is InChI=1S/C17H18N2O3S/c20-16-12-22-11-15(17(21)18-9-14-7-4-8-23-14)19(16)10-13-5-2-1-3-6-13/h1-8,15H,9-12H2,(H,18,21)/t15-/m0/s1. The number of morpholine rings is 1. The van der Waals surface area contributed by atoms with Crippen molar-refractivity contribution in [3.8, 4) is 0 Å². The Labute approximate surface area is 138 Å². The summed E-state index contributed by atoms with van der Waals surface area (Å²) in [7, 11) is 0. The molecule has 23 heavy (non-hydrogen) atoms. The van der Waals surface area contributed by atoms with Crippen molar-refractivity contribution < 1.29 is 14.3 Å². The topological polar surface area (TPSA) is 58.6 Å². The lowest BCUT2D eigenvalue weighted by atomic mass is 10.1. The van der Waals surface area contributed by atoms with E-state index in [1.807, 2.05) is 47.8 Å². The van der Waals surface area contributed by atoms with Crippen molar-refractivity contribution in [2.75, 3.05) is 13.2 Å². The second-order valence-electron chi connectivity index (χ2n) is 5.34. The van der Waals surface area contributed by atoms with E-state index in [0.717, 1.165) is 10.4 Å². The fourth-order valence-electron chi connectivity index (χ4n) is 2.51. The predicted octanol–water partition coefficient (Wildman–Crippen LogP) is 1.79. The van der Waals surface area contributed by atoms with Gasteiger partial charge < -0.3 is 15.0 Å². The highest BCUT2D eigenvalue weighted by Crippen LogP contribution is 2.14. The van der Waals surface area contributed by atoms with Crippen LogP contribution in [0.3, 0.4) is 0 Å². The highest BCUT2D eigenvalue weighted by Gasteiger charge is 2.33. The summed E-state index contributed by atoms with van der Waals surface area (Å²) in [5.74, 6) is -0.334. The van der Waals surface area contributed by atoms with Crippen molar-refractivity contribution in [2.24, 2.45) is 0 Å². The summed E-state index contributed by atoms with van der Waals surface area (Å²) in [5, 5.41) is 4.86. The Bertz CT molecular complexity index is 658. The molecule has 0 radical (unpaired) electrons. The average Bonchev–Trinajstić information content (AvgIpc) is 3.09. The van der Waals surface area contributed by atoms with Gasteiger partial charge in [-0.15, -0.1) is 11.3 Å². The van der Waals surface area contributed by atoms with Gasteiger partial charge in [0.2, 0.25) is 11.8 Å². The van der Waals surface area contributed by atoms with Gasteiger partial charge in [0.05, 0.1) is 13.2 Å². The lowest BCUT2D eigenvalue weighted by Crippen LogP contribution is -2.55. The van der Waals surface area contributed by atoms with Crippen LogP contribution in [0.25, 0.3) is 0 Å². The Hall–Kier alpha value is -2.18. The highest BCUT2D eigenvalue weighted by atomic mass is 32.1. The van der Waals surface area contributed by atoms with E-state index in [4.69, 9.17) is 4.74 Å². The molecule has 2 aromatic rings. The second kappa shape index (κ2) is 7.39. The van der Waals surface area contributed by atoms with Gasteiger partial charge in [0.1, 0.15) is 12.6 Å². The zero-order valence-electron chi connectivity index (χ0n) is 12.6. The van der Waals surface area contributed by atoms with E-state index < -0.39 is 6.04 Å². The molecule has 0 bridgehead atoms. The molecule has 1 aliphatic heterocycles. The van der Waals surface area contributed by atoms with Crippen LogP contribution in [0.15, 0.2) is 47.8 Å². The van der Waals surface area contributed by atoms with Gasteiger partial charge in [-0.1, -0.05) is 36.4 Å². The molecular formula is C17H18N2O3S. The number of thiophene rings is 1. The van der Waals surface area contributed by atoms with E-state index in [2.05, 4.69) is 5.32 Å². The molecule has 1 aromatic heterocycles. The molecule has 0 unspecified atom stereocenters. The Morgan fingerprint density at radius 2 is 2.09 bits per heavy atom. The van der Waals surface area contributed by atoms with Gasteiger partial charge in [0.25, 0.3) is 0 Å². The van der Waals surface area contributed by atoms with E-state index in [9.17, 15) is 9.59 Å². The lowest BCUT2D eigenvalue weighted by Gasteiger charge is -2.34. The number of rotatable bonds is 5. The smallest absolute Gasteiger partial charge is 0.249 e. The maximum Gasteiger partial charge on any atom is 0.249 e. The molecular weight excluding hydrogens is 312 g/mol. The van der Waals surface area contributed by atoms with Gasteiger partial charge in [-0.05, 0) is 17.0 Å². The maximum atomic E-state index is 12.5. The number of nitrogens with zero attached hydrogens (tertiary/aromatic N) is 1. The minimum atomic E-state index is -0.587. The summed E-state index contributed by atoms with van der Waals surface area (Å²) >= 11 is 1.59. The molecule has 6 heteroatoms. The number of ether oxygens (including phenoxy) is 1. The molecule has 3 rings (SSSR count).